The molecule has 0 bridgehead atoms. The van der Waals surface area contributed by atoms with Crippen molar-refractivity contribution < 1.29 is 9.32 Å². The summed E-state index contributed by atoms with van der Waals surface area (Å²) in [6.07, 6.45) is 3.86. The maximum absolute atomic E-state index is 12.0. The van der Waals surface area contributed by atoms with Crippen LogP contribution in [0.15, 0.2) is 34.9 Å². The first kappa shape index (κ1) is 16.6. The highest BCUT2D eigenvalue weighted by Gasteiger charge is 2.21. The van der Waals surface area contributed by atoms with E-state index in [1.54, 1.807) is 0 Å². The van der Waals surface area contributed by atoms with Crippen molar-refractivity contribution in [3.63, 3.8) is 0 Å². The van der Waals surface area contributed by atoms with Gasteiger partial charge < -0.3 is 9.84 Å². The van der Waals surface area contributed by atoms with E-state index < -0.39 is 0 Å². The fraction of sp³-hybridized carbons (Fsp3) is 0.500. The lowest BCUT2D eigenvalue weighted by Gasteiger charge is -2.31. The molecule has 0 unspecified atom stereocenters. The number of amides is 1. The fourth-order valence-corrected chi connectivity index (χ4v) is 3.00. The van der Waals surface area contributed by atoms with Crippen molar-refractivity contribution in [2.24, 2.45) is 0 Å². The van der Waals surface area contributed by atoms with Gasteiger partial charge in [0.2, 0.25) is 11.8 Å². The van der Waals surface area contributed by atoms with E-state index in [9.17, 15) is 4.79 Å². The van der Waals surface area contributed by atoms with Gasteiger partial charge >= 0.3 is 0 Å². The molecule has 1 aliphatic rings. The molecule has 0 radical (unpaired) electrons. The third kappa shape index (κ3) is 4.64. The molecule has 1 aromatic carbocycles. The van der Waals surface area contributed by atoms with E-state index in [4.69, 9.17) is 4.52 Å². The van der Waals surface area contributed by atoms with Gasteiger partial charge in [0.05, 0.1) is 13.0 Å². The van der Waals surface area contributed by atoms with Crippen molar-refractivity contribution >= 4 is 5.91 Å². The van der Waals surface area contributed by atoms with Crippen LogP contribution >= 0.6 is 0 Å². The highest BCUT2D eigenvalue weighted by atomic mass is 16.5. The van der Waals surface area contributed by atoms with Crippen LogP contribution in [0.4, 0.5) is 0 Å². The van der Waals surface area contributed by atoms with Crippen molar-refractivity contribution in [3.05, 3.63) is 47.6 Å². The van der Waals surface area contributed by atoms with E-state index in [-0.39, 0.29) is 12.3 Å². The van der Waals surface area contributed by atoms with Crippen molar-refractivity contribution in [3.8, 4) is 0 Å². The number of rotatable bonds is 6. The number of hydrogen-bond donors (Lipinski definition) is 1. The van der Waals surface area contributed by atoms with Gasteiger partial charge in [-0.2, -0.15) is 4.98 Å². The molecule has 6 nitrogen and oxygen atoms in total. The second-order valence-electron chi connectivity index (χ2n) is 6.36. The van der Waals surface area contributed by atoms with E-state index in [1.165, 1.54) is 19.3 Å². The third-order valence-corrected chi connectivity index (χ3v) is 4.44. The number of nitrogens with zero attached hydrogens (tertiary/aromatic N) is 3. The molecule has 1 aromatic heterocycles. The lowest BCUT2D eigenvalue weighted by Crippen LogP contribution is -2.36. The number of carbonyl (C=O) groups excluding carboxylic acids is 1. The van der Waals surface area contributed by atoms with Gasteiger partial charge in [-0.05, 0) is 31.9 Å². The van der Waals surface area contributed by atoms with Gasteiger partial charge in [0.1, 0.15) is 0 Å². The number of aromatic nitrogens is 2. The Morgan fingerprint density at radius 3 is 2.96 bits per heavy atom. The Hall–Kier alpha value is -2.21. The number of piperidine rings is 1. The molecule has 0 spiro atoms. The van der Waals surface area contributed by atoms with Crippen LogP contribution in [0.25, 0.3) is 0 Å². The summed E-state index contributed by atoms with van der Waals surface area (Å²) in [5.74, 6) is 0.937. The molecule has 128 valence electrons. The van der Waals surface area contributed by atoms with E-state index in [1.807, 2.05) is 30.3 Å². The molecule has 1 atom stereocenters. The topological polar surface area (TPSA) is 71.3 Å². The van der Waals surface area contributed by atoms with Crippen LogP contribution in [-0.2, 0) is 24.3 Å². The number of hydrogen-bond acceptors (Lipinski definition) is 5. The molecular weight excluding hydrogens is 304 g/mol. The Labute approximate surface area is 142 Å². The van der Waals surface area contributed by atoms with E-state index >= 15 is 0 Å². The summed E-state index contributed by atoms with van der Waals surface area (Å²) in [5.41, 5.74) is 1.07. The van der Waals surface area contributed by atoms with Crippen molar-refractivity contribution in [2.45, 2.75) is 51.7 Å². The van der Waals surface area contributed by atoms with Gasteiger partial charge in [0, 0.05) is 12.6 Å². The average Bonchev–Trinajstić information content (AvgIpc) is 3.03. The monoisotopic (exact) mass is 328 g/mol. The second kappa shape index (κ2) is 8.06. The van der Waals surface area contributed by atoms with Crippen molar-refractivity contribution in [1.29, 1.82) is 0 Å². The number of carbonyl (C=O) groups is 1. The number of benzene rings is 1. The molecule has 1 amide bonds. The van der Waals surface area contributed by atoms with Gasteiger partial charge in [-0.1, -0.05) is 41.9 Å². The van der Waals surface area contributed by atoms with Crippen LogP contribution in [0, 0.1) is 0 Å². The van der Waals surface area contributed by atoms with Gasteiger partial charge in [-0.15, -0.1) is 0 Å². The van der Waals surface area contributed by atoms with Crippen LogP contribution in [0.3, 0.4) is 0 Å². The van der Waals surface area contributed by atoms with E-state index in [0.717, 1.165) is 12.1 Å². The molecule has 1 fully saturated rings. The smallest absolute Gasteiger partial charge is 0.240 e. The highest BCUT2D eigenvalue weighted by molar-refractivity contribution is 5.77. The molecule has 1 N–H and O–H groups in total. The summed E-state index contributed by atoms with van der Waals surface area (Å²) in [6.45, 7) is 4.47. The maximum atomic E-state index is 12.0. The van der Waals surface area contributed by atoms with Gasteiger partial charge in [-0.3, -0.25) is 9.69 Å². The fourth-order valence-electron chi connectivity index (χ4n) is 3.00. The minimum absolute atomic E-state index is 0.0995. The van der Waals surface area contributed by atoms with Crippen LogP contribution < -0.4 is 5.32 Å². The normalized spacial score (nSPS) is 18.5. The quantitative estimate of drug-likeness (QED) is 0.881. The zero-order chi connectivity index (χ0) is 16.8. The summed E-state index contributed by atoms with van der Waals surface area (Å²) < 4.78 is 5.30. The number of nitrogens with one attached hydrogen (secondary N) is 1. The predicted octanol–water partition coefficient (Wildman–Crippen LogP) is 2.30. The molecule has 1 saturated heterocycles. The van der Waals surface area contributed by atoms with Crippen LogP contribution in [-0.4, -0.2) is 33.5 Å². The zero-order valence-electron chi connectivity index (χ0n) is 14.1. The Kier molecular flexibility index (Phi) is 5.59. The molecule has 1 aliphatic heterocycles. The third-order valence-electron chi connectivity index (χ3n) is 4.44. The SMILES string of the molecule is C[C@H]1CCCCN1Cc1nc(CC(=O)NCc2ccccc2)no1. The Bertz CT molecular complexity index is 656. The molecule has 2 heterocycles. The Morgan fingerprint density at radius 2 is 2.17 bits per heavy atom. The first-order valence-electron chi connectivity index (χ1n) is 8.57. The zero-order valence-corrected chi connectivity index (χ0v) is 14.1. The first-order chi connectivity index (χ1) is 11.7. The molecule has 0 saturated carbocycles. The Balaban J connectivity index is 1.47. The summed E-state index contributed by atoms with van der Waals surface area (Å²) in [7, 11) is 0. The molecule has 24 heavy (non-hydrogen) atoms. The van der Waals surface area contributed by atoms with E-state index in [0.29, 0.717) is 30.8 Å². The predicted molar refractivity (Wildman–Crippen MR) is 90.0 cm³/mol. The molecular formula is C18H24N4O2. The van der Waals surface area contributed by atoms with Crippen molar-refractivity contribution in [1.82, 2.24) is 20.4 Å². The van der Waals surface area contributed by atoms with Crippen LogP contribution in [0.2, 0.25) is 0 Å². The first-order valence-corrected chi connectivity index (χ1v) is 8.57. The lowest BCUT2D eigenvalue weighted by molar-refractivity contribution is -0.120. The lowest BCUT2D eigenvalue weighted by atomic mass is 10.0. The average molecular weight is 328 g/mol. The highest BCUT2D eigenvalue weighted by Crippen LogP contribution is 2.18. The largest absolute Gasteiger partial charge is 0.352 e. The molecule has 3 rings (SSSR count). The molecule has 0 aliphatic carbocycles. The van der Waals surface area contributed by atoms with Crippen LogP contribution in [0.5, 0.6) is 0 Å². The maximum Gasteiger partial charge on any atom is 0.240 e. The van der Waals surface area contributed by atoms with Gasteiger partial charge in [0.15, 0.2) is 5.82 Å². The summed E-state index contributed by atoms with van der Waals surface area (Å²) in [6, 6.07) is 10.4. The second-order valence-corrected chi connectivity index (χ2v) is 6.36. The molecule has 2 aromatic rings. The minimum Gasteiger partial charge on any atom is -0.352 e. The summed E-state index contributed by atoms with van der Waals surface area (Å²) in [5, 5.41) is 6.80. The molecule has 6 heteroatoms. The van der Waals surface area contributed by atoms with Gasteiger partial charge in [-0.25, -0.2) is 0 Å². The van der Waals surface area contributed by atoms with E-state index in [2.05, 4.69) is 27.3 Å². The standard InChI is InChI=1S/C18H24N4O2/c1-14-7-5-6-10-22(14)13-18-20-16(21-24-18)11-17(23)19-12-15-8-3-2-4-9-15/h2-4,8-9,14H,5-7,10-13H2,1H3,(H,19,23)/t14-/m0/s1. The van der Waals surface area contributed by atoms with Crippen molar-refractivity contribution in [2.75, 3.05) is 6.54 Å². The van der Waals surface area contributed by atoms with Crippen LogP contribution in [0.1, 0.15) is 43.5 Å². The van der Waals surface area contributed by atoms with Gasteiger partial charge in [0.25, 0.3) is 0 Å². The summed E-state index contributed by atoms with van der Waals surface area (Å²) in [4.78, 5) is 18.7. The summed E-state index contributed by atoms with van der Waals surface area (Å²) >= 11 is 0. The minimum atomic E-state index is -0.0995. The number of likely N-dealkylation sites (tertiary alicyclic amines) is 1. The Morgan fingerprint density at radius 1 is 1.33 bits per heavy atom.